The molecule has 4 saturated carbocycles. The van der Waals surface area contributed by atoms with Crippen LogP contribution in [0.3, 0.4) is 0 Å². The van der Waals surface area contributed by atoms with Crippen LogP contribution < -0.4 is 5.73 Å². The SMILES string of the molecule is NCC1C2CC3CC1CC(c1ccc(F)cc1)(C3)C2. The maximum Gasteiger partial charge on any atom is 0.123 e. The molecular formula is C17H22FN. The molecule has 0 radical (unpaired) electrons. The molecule has 0 heterocycles. The van der Waals surface area contributed by atoms with Crippen molar-refractivity contribution in [1.82, 2.24) is 0 Å². The van der Waals surface area contributed by atoms with Crippen LogP contribution >= 0.6 is 0 Å². The van der Waals surface area contributed by atoms with Crippen LogP contribution in [0.4, 0.5) is 4.39 Å². The molecule has 4 fully saturated rings. The molecule has 4 bridgehead atoms. The Hall–Kier alpha value is -0.890. The van der Waals surface area contributed by atoms with E-state index in [2.05, 4.69) is 0 Å². The molecule has 0 saturated heterocycles. The Kier molecular flexibility index (Phi) is 2.54. The maximum absolute atomic E-state index is 13.2. The Morgan fingerprint density at radius 1 is 1.05 bits per heavy atom. The van der Waals surface area contributed by atoms with E-state index in [-0.39, 0.29) is 5.82 Å². The predicted molar refractivity (Wildman–Crippen MR) is 74.2 cm³/mol. The number of nitrogens with two attached hydrogens (primary N) is 1. The lowest BCUT2D eigenvalue weighted by molar-refractivity contribution is -0.0524. The molecule has 19 heavy (non-hydrogen) atoms. The van der Waals surface area contributed by atoms with Gasteiger partial charge < -0.3 is 5.73 Å². The van der Waals surface area contributed by atoms with Gasteiger partial charge in [-0.3, -0.25) is 0 Å². The van der Waals surface area contributed by atoms with Crippen molar-refractivity contribution in [2.24, 2.45) is 29.4 Å². The zero-order valence-electron chi connectivity index (χ0n) is 11.3. The fourth-order valence-corrected chi connectivity index (χ4v) is 5.67. The first kappa shape index (κ1) is 11.9. The molecule has 102 valence electrons. The van der Waals surface area contributed by atoms with E-state index in [9.17, 15) is 4.39 Å². The third kappa shape index (κ3) is 1.69. The van der Waals surface area contributed by atoms with Crippen LogP contribution in [0.15, 0.2) is 24.3 Å². The highest BCUT2D eigenvalue weighted by Crippen LogP contribution is 2.62. The number of halogens is 1. The highest BCUT2D eigenvalue weighted by Gasteiger charge is 2.55. The lowest BCUT2D eigenvalue weighted by Crippen LogP contribution is -2.54. The number of benzene rings is 1. The second-order valence-electron chi connectivity index (χ2n) is 7.16. The van der Waals surface area contributed by atoms with Crippen LogP contribution in [0.1, 0.15) is 37.7 Å². The molecule has 1 nitrogen and oxygen atoms in total. The van der Waals surface area contributed by atoms with E-state index in [1.54, 1.807) is 12.1 Å². The summed E-state index contributed by atoms with van der Waals surface area (Å²) >= 11 is 0. The Morgan fingerprint density at radius 2 is 1.68 bits per heavy atom. The molecule has 0 spiro atoms. The van der Waals surface area contributed by atoms with E-state index in [1.165, 1.54) is 37.7 Å². The first-order chi connectivity index (χ1) is 9.20. The molecule has 4 aliphatic carbocycles. The van der Waals surface area contributed by atoms with Crippen molar-refractivity contribution in [3.63, 3.8) is 0 Å². The monoisotopic (exact) mass is 259 g/mol. The van der Waals surface area contributed by atoms with Crippen LogP contribution in [0.2, 0.25) is 0 Å². The highest BCUT2D eigenvalue weighted by molar-refractivity contribution is 5.30. The van der Waals surface area contributed by atoms with Gasteiger partial charge in [-0.25, -0.2) is 4.39 Å². The van der Waals surface area contributed by atoms with Crippen molar-refractivity contribution in [3.8, 4) is 0 Å². The quantitative estimate of drug-likeness (QED) is 0.864. The van der Waals surface area contributed by atoms with Gasteiger partial charge in [0.2, 0.25) is 0 Å². The number of rotatable bonds is 2. The van der Waals surface area contributed by atoms with Crippen LogP contribution in [0, 0.1) is 29.5 Å². The molecule has 4 aliphatic rings. The third-order valence-electron chi connectivity index (χ3n) is 6.20. The molecule has 2 atom stereocenters. The van der Waals surface area contributed by atoms with Crippen molar-refractivity contribution < 1.29 is 4.39 Å². The summed E-state index contributed by atoms with van der Waals surface area (Å²) in [6.07, 6.45) is 6.67. The van der Waals surface area contributed by atoms with Gasteiger partial charge >= 0.3 is 0 Å². The van der Waals surface area contributed by atoms with E-state index in [0.29, 0.717) is 5.41 Å². The summed E-state index contributed by atoms with van der Waals surface area (Å²) in [6.45, 7) is 0.863. The summed E-state index contributed by atoms with van der Waals surface area (Å²) < 4.78 is 13.2. The van der Waals surface area contributed by atoms with E-state index in [1.807, 2.05) is 12.1 Å². The van der Waals surface area contributed by atoms with Crippen molar-refractivity contribution in [2.45, 2.75) is 37.5 Å². The van der Waals surface area contributed by atoms with E-state index >= 15 is 0 Å². The number of hydrogen-bond acceptors (Lipinski definition) is 1. The lowest BCUT2D eigenvalue weighted by Gasteiger charge is -2.60. The topological polar surface area (TPSA) is 26.0 Å². The average Bonchev–Trinajstić information content (AvgIpc) is 2.38. The molecule has 0 amide bonds. The van der Waals surface area contributed by atoms with Crippen molar-refractivity contribution >= 4 is 0 Å². The molecular weight excluding hydrogens is 237 g/mol. The Labute approximate surface area is 114 Å². The van der Waals surface area contributed by atoms with Gasteiger partial charge in [0.1, 0.15) is 5.82 Å². The normalized spacial score (nSPS) is 43.7. The fraction of sp³-hybridized carbons (Fsp3) is 0.647. The van der Waals surface area contributed by atoms with Gasteiger partial charge in [0.15, 0.2) is 0 Å². The van der Waals surface area contributed by atoms with E-state index in [4.69, 9.17) is 5.73 Å². The smallest absolute Gasteiger partial charge is 0.123 e. The van der Waals surface area contributed by atoms with Crippen LogP contribution in [-0.2, 0) is 5.41 Å². The summed E-state index contributed by atoms with van der Waals surface area (Å²) in [6, 6.07) is 7.32. The predicted octanol–water partition coefficient (Wildman–Crippen LogP) is 3.48. The van der Waals surface area contributed by atoms with Gasteiger partial charge in [-0.15, -0.1) is 0 Å². The molecule has 0 aromatic heterocycles. The first-order valence-corrected chi connectivity index (χ1v) is 7.66. The van der Waals surface area contributed by atoms with Gasteiger partial charge in [-0.2, -0.15) is 0 Å². The Morgan fingerprint density at radius 3 is 2.26 bits per heavy atom. The van der Waals surface area contributed by atoms with Crippen LogP contribution in [0.5, 0.6) is 0 Å². The standard InChI is InChI=1S/C17H22FN/c18-15-3-1-14(2-4-15)17-7-11-5-12(8-17)16(10-19)13(6-11)9-17/h1-4,11-13,16H,5-10,19H2. The van der Waals surface area contributed by atoms with E-state index in [0.717, 1.165) is 30.2 Å². The zero-order chi connectivity index (χ0) is 13.0. The van der Waals surface area contributed by atoms with Crippen molar-refractivity contribution in [3.05, 3.63) is 35.6 Å². The highest BCUT2D eigenvalue weighted by atomic mass is 19.1. The molecule has 1 aromatic carbocycles. The largest absolute Gasteiger partial charge is 0.330 e. The lowest BCUT2D eigenvalue weighted by atomic mass is 9.45. The average molecular weight is 259 g/mol. The molecule has 1 aromatic rings. The minimum atomic E-state index is -0.117. The summed E-state index contributed by atoms with van der Waals surface area (Å²) in [4.78, 5) is 0. The minimum Gasteiger partial charge on any atom is -0.330 e. The van der Waals surface area contributed by atoms with Crippen LogP contribution in [-0.4, -0.2) is 6.54 Å². The minimum absolute atomic E-state index is 0.117. The van der Waals surface area contributed by atoms with E-state index < -0.39 is 0 Å². The Bertz CT molecular complexity index is 465. The van der Waals surface area contributed by atoms with Gasteiger partial charge in [0.25, 0.3) is 0 Å². The summed E-state index contributed by atoms with van der Waals surface area (Å²) in [7, 11) is 0. The summed E-state index contributed by atoms with van der Waals surface area (Å²) in [5.41, 5.74) is 7.73. The summed E-state index contributed by atoms with van der Waals surface area (Å²) in [5.74, 6) is 3.17. The van der Waals surface area contributed by atoms with Gasteiger partial charge in [-0.05, 0) is 85.4 Å². The zero-order valence-corrected chi connectivity index (χ0v) is 11.3. The molecule has 2 unspecified atom stereocenters. The second-order valence-corrected chi connectivity index (χ2v) is 7.16. The van der Waals surface area contributed by atoms with Crippen LogP contribution in [0.25, 0.3) is 0 Å². The molecule has 5 rings (SSSR count). The fourth-order valence-electron chi connectivity index (χ4n) is 5.67. The Balaban J connectivity index is 1.71. The van der Waals surface area contributed by atoms with Gasteiger partial charge in [0, 0.05) is 0 Å². The maximum atomic E-state index is 13.2. The van der Waals surface area contributed by atoms with Crippen molar-refractivity contribution in [2.75, 3.05) is 6.54 Å². The summed E-state index contributed by atoms with van der Waals surface area (Å²) in [5, 5.41) is 0. The second kappa shape index (κ2) is 4.05. The van der Waals surface area contributed by atoms with Gasteiger partial charge in [0.05, 0.1) is 0 Å². The third-order valence-corrected chi connectivity index (χ3v) is 6.20. The molecule has 2 N–H and O–H groups in total. The first-order valence-electron chi connectivity index (χ1n) is 7.66. The number of hydrogen-bond donors (Lipinski definition) is 1. The molecule has 0 aliphatic heterocycles. The molecule has 2 heteroatoms. The van der Waals surface area contributed by atoms with Crippen molar-refractivity contribution in [1.29, 1.82) is 0 Å². The van der Waals surface area contributed by atoms with Gasteiger partial charge in [-0.1, -0.05) is 12.1 Å².